The molecule has 3 heteroatoms. The van der Waals surface area contributed by atoms with Crippen molar-refractivity contribution in [2.45, 2.75) is 0 Å². The minimum Gasteiger partial charge on any atom is -0.398 e. The van der Waals surface area contributed by atoms with Gasteiger partial charge in [-0.05, 0) is 35.4 Å². The molecular formula is C13H9FN2. The van der Waals surface area contributed by atoms with E-state index in [0.717, 1.165) is 11.1 Å². The summed E-state index contributed by atoms with van der Waals surface area (Å²) >= 11 is 0. The summed E-state index contributed by atoms with van der Waals surface area (Å²) in [5.74, 6) is -0.278. The Kier molecular flexibility index (Phi) is 2.57. The van der Waals surface area contributed by atoms with Gasteiger partial charge in [0.15, 0.2) is 0 Å². The van der Waals surface area contributed by atoms with Crippen LogP contribution in [0.4, 0.5) is 10.1 Å². The van der Waals surface area contributed by atoms with Gasteiger partial charge < -0.3 is 5.73 Å². The van der Waals surface area contributed by atoms with Crippen molar-refractivity contribution in [2.24, 2.45) is 0 Å². The van der Waals surface area contributed by atoms with E-state index in [1.807, 2.05) is 12.1 Å². The predicted octanol–water partition coefficient (Wildman–Crippen LogP) is 2.95. The summed E-state index contributed by atoms with van der Waals surface area (Å²) in [6.07, 6.45) is 0. The van der Waals surface area contributed by atoms with Crippen LogP contribution in [0.5, 0.6) is 0 Å². The van der Waals surface area contributed by atoms with E-state index in [0.29, 0.717) is 11.3 Å². The van der Waals surface area contributed by atoms with Gasteiger partial charge in [-0.15, -0.1) is 0 Å². The molecule has 0 atom stereocenters. The third-order valence-electron chi connectivity index (χ3n) is 2.35. The quantitative estimate of drug-likeness (QED) is 0.739. The minimum absolute atomic E-state index is 0.278. The monoisotopic (exact) mass is 212 g/mol. The Hall–Kier alpha value is -2.34. The summed E-state index contributed by atoms with van der Waals surface area (Å²) in [6, 6.07) is 13.3. The highest BCUT2D eigenvalue weighted by atomic mass is 19.1. The maximum atomic E-state index is 12.7. The molecule has 0 heterocycles. The van der Waals surface area contributed by atoms with Crippen LogP contribution in [-0.2, 0) is 0 Å². The molecule has 0 spiro atoms. The standard InChI is InChI=1S/C13H9FN2/c14-12-4-1-9(2-5-12)10-3-6-13(16)11(7-10)8-15/h1-7H,16H2. The third-order valence-corrected chi connectivity index (χ3v) is 2.35. The molecule has 0 unspecified atom stereocenters. The summed E-state index contributed by atoms with van der Waals surface area (Å²) < 4.78 is 12.7. The van der Waals surface area contributed by atoms with E-state index in [9.17, 15) is 4.39 Å². The molecule has 2 rings (SSSR count). The zero-order chi connectivity index (χ0) is 11.5. The minimum atomic E-state index is -0.278. The van der Waals surface area contributed by atoms with Gasteiger partial charge in [-0.25, -0.2) is 4.39 Å². The fourth-order valence-electron chi connectivity index (χ4n) is 1.48. The lowest BCUT2D eigenvalue weighted by Gasteiger charge is -2.03. The lowest BCUT2D eigenvalue weighted by atomic mass is 10.0. The first-order chi connectivity index (χ1) is 7.70. The van der Waals surface area contributed by atoms with E-state index in [-0.39, 0.29) is 5.82 Å². The number of nitrogens with two attached hydrogens (primary N) is 1. The first-order valence-electron chi connectivity index (χ1n) is 4.76. The first kappa shape index (κ1) is 10.2. The lowest BCUT2D eigenvalue weighted by Crippen LogP contribution is -1.90. The molecule has 0 bridgehead atoms. The van der Waals surface area contributed by atoms with E-state index in [1.54, 1.807) is 24.3 Å². The molecule has 0 aromatic heterocycles. The Bertz CT molecular complexity index is 553. The summed E-state index contributed by atoms with van der Waals surface area (Å²) in [5.41, 5.74) is 8.22. The molecule has 2 nitrogen and oxygen atoms in total. The summed E-state index contributed by atoms with van der Waals surface area (Å²) in [7, 11) is 0. The van der Waals surface area contributed by atoms with Gasteiger partial charge in [0.25, 0.3) is 0 Å². The summed E-state index contributed by atoms with van der Waals surface area (Å²) in [6.45, 7) is 0. The van der Waals surface area contributed by atoms with Crippen LogP contribution in [-0.4, -0.2) is 0 Å². The zero-order valence-corrected chi connectivity index (χ0v) is 8.44. The van der Waals surface area contributed by atoms with Crippen molar-refractivity contribution in [1.29, 1.82) is 5.26 Å². The Morgan fingerprint density at radius 1 is 1.00 bits per heavy atom. The van der Waals surface area contributed by atoms with Crippen molar-refractivity contribution < 1.29 is 4.39 Å². The Morgan fingerprint density at radius 2 is 1.62 bits per heavy atom. The molecule has 2 aromatic rings. The Balaban J connectivity index is 2.49. The number of rotatable bonds is 1. The summed E-state index contributed by atoms with van der Waals surface area (Å²) in [4.78, 5) is 0. The largest absolute Gasteiger partial charge is 0.398 e. The maximum Gasteiger partial charge on any atom is 0.123 e. The van der Waals surface area contributed by atoms with E-state index < -0.39 is 0 Å². The van der Waals surface area contributed by atoms with E-state index in [2.05, 4.69) is 0 Å². The normalized spacial score (nSPS) is 9.75. The van der Waals surface area contributed by atoms with Crippen LogP contribution in [0, 0.1) is 17.1 Å². The predicted molar refractivity (Wildman–Crippen MR) is 61.0 cm³/mol. The molecule has 0 fully saturated rings. The fourth-order valence-corrected chi connectivity index (χ4v) is 1.48. The highest BCUT2D eigenvalue weighted by molar-refractivity contribution is 5.69. The maximum absolute atomic E-state index is 12.7. The van der Waals surface area contributed by atoms with Crippen LogP contribution in [0.3, 0.4) is 0 Å². The van der Waals surface area contributed by atoms with E-state index >= 15 is 0 Å². The molecule has 2 aromatic carbocycles. The van der Waals surface area contributed by atoms with Gasteiger partial charge in [0, 0.05) is 5.69 Å². The van der Waals surface area contributed by atoms with Gasteiger partial charge in [-0.1, -0.05) is 18.2 Å². The highest BCUT2D eigenvalue weighted by Crippen LogP contribution is 2.23. The smallest absolute Gasteiger partial charge is 0.123 e. The number of anilines is 1. The second-order valence-corrected chi connectivity index (χ2v) is 3.42. The Labute approximate surface area is 92.8 Å². The zero-order valence-electron chi connectivity index (χ0n) is 8.44. The van der Waals surface area contributed by atoms with E-state index in [4.69, 9.17) is 11.0 Å². The first-order valence-corrected chi connectivity index (χ1v) is 4.76. The van der Waals surface area contributed by atoms with Gasteiger partial charge >= 0.3 is 0 Å². The number of hydrogen-bond donors (Lipinski definition) is 1. The van der Waals surface area contributed by atoms with Crippen LogP contribution in [0.2, 0.25) is 0 Å². The number of halogens is 1. The second-order valence-electron chi connectivity index (χ2n) is 3.42. The summed E-state index contributed by atoms with van der Waals surface area (Å²) in [5, 5.41) is 8.84. The van der Waals surface area contributed by atoms with Crippen molar-refractivity contribution in [3.05, 3.63) is 53.8 Å². The SMILES string of the molecule is N#Cc1cc(-c2ccc(F)cc2)ccc1N. The second kappa shape index (κ2) is 4.03. The lowest BCUT2D eigenvalue weighted by molar-refractivity contribution is 0.628. The molecule has 16 heavy (non-hydrogen) atoms. The van der Waals surface area contributed by atoms with Crippen molar-refractivity contribution in [1.82, 2.24) is 0 Å². The average Bonchev–Trinajstić information content (AvgIpc) is 2.31. The molecule has 0 saturated heterocycles. The van der Waals surface area contributed by atoms with Crippen molar-refractivity contribution >= 4 is 5.69 Å². The van der Waals surface area contributed by atoms with Gasteiger partial charge in [-0.2, -0.15) is 5.26 Å². The Morgan fingerprint density at radius 3 is 2.25 bits per heavy atom. The number of hydrogen-bond acceptors (Lipinski definition) is 2. The molecular weight excluding hydrogens is 203 g/mol. The molecule has 0 amide bonds. The van der Waals surface area contributed by atoms with Crippen LogP contribution >= 0.6 is 0 Å². The van der Waals surface area contributed by atoms with Crippen molar-refractivity contribution in [3.63, 3.8) is 0 Å². The van der Waals surface area contributed by atoms with Gasteiger partial charge in [0.05, 0.1) is 5.56 Å². The molecule has 0 saturated carbocycles. The molecule has 0 aliphatic rings. The van der Waals surface area contributed by atoms with Crippen LogP contribution in [0.25, 0.3) is 11.1 Å². The molecule has 0 radical (unpaired) electrons. The number of nitriles is 1. The number of benzene rings is 2. The van der Waals surface area contributed by atoms with Crippen LogP contribution in [0.1, 0.15) is 5.56 Å². The molecule has 0 aliphatic carbocycles. The van der Waals surface area contributed by atoms with Gasteiger partial charge in [0.1, 0.15) is 11.9 Å². The third kappa shape index (κ3) is 1.86. The fraction of sp³-hybridized carbons (Fsp3) is 0. The average molecular weight is 212 g/mol. The number of nitrogens with zero attached hydrogens (tertiary/aromatic N) is 1. The van der Waals surface area contributed by atoms with Crippen molar-refractivity contribution in [2.75, 3.05) is 5.73 Å². The van der Waals surface area contributed by atoms with Crippen LogP contribution in [0.15, 0.2) is 42.5 Å². The van der Waals surface area contributed by atoms with Crippen molar-refractivity contribution in [3.8, 4) is 17.2 Å². The molecule has 0 aliphatic heterocycles. The van der Waals surface area contributed by atoms with E-state index in [1.165, 1.54) is 12.1 Å². The molecule has 2 N–H and O–H groups in total. The van der Waals surface area contributed by atoms with Gasteiger partial charge in [0.2, 0.25) is 0 Å². The topological polar surface area (TPSA) is 49.8 Å². The van der Waals surface area contributed by atoms with Gasteiger partial charge in [-0.3, -0.25) is 0 Å². The van der Waals surface area contributed by atoms with Crippen LogP contribution < -0.4 is 5.73 Å². The highest BCUT2D eigenvalue weighted by Gasteiger charge is 2.02. The molecule has 78 valence electrons. The number of nitrogen functional groups attached to an aromatic ring is 1.